The van der Waals surface area contributed by atoms with Gasteiger partial charge in [-0.2, -0.15) is 0 Å². The normalized spacial score (nSPS) is 9.73. The fourth-order valence-electron chi connectivity index (χ4n) is 0.985. The Bertz CT molecular complexity index is 245. The summed E-state index contributed by atoms with van der Waals surface area (Å²) in [7, 11) is 1.84. The van der Waals surface area contributed by atoms with Gasteiger partial charge in [0.05, 0.1) is 0 Å². The molecule has 0 aliphatic carbocycles. The first-order chi connectivity index (χ1) is 5.15. The molecule has 11 heavy (non-hydrogen) atoms. The number of benzene rings is 1. The van der Waals surface area contributed by atoms with Crippen molar-refractivity contribution in [3.8, 4) is 5.75 Å². The van der Waals surface area contributed by atoms with Crippen LogP contribution in [-0.2, 0) is 0 Å². The van der Waals surface area contributed by atoms with Crippen LogP contribution in [0.1, 0.15) is 11.1 Å². The molecule has 0 unspecified atom stereocenters. The zero-order chi connectivity index (χ0) is 8.43. The van der Waals surface area contributed by atoms with Gasteiger partial charge in [-0.15, -0.1) is 0 Å². The van der Waals surface area contributed by atoms with Crippen molar-refractivity contribution < 1.29 is 5.11 Å². The Morgan fingerprint density at radius 2 is 1.91 bits per heavy atom. The number of nitrogens with one attached hydrogen (secondary N) is 1. The number of rotatable bonds is 1. The van der Waals surface area contributed by atoms with Crippen LogP contribution in [0.25, 0.3) is 0 Å². The van der Waals surface area contributed by atoms with Crippen molar-refractivity contribution in [2.75, 3.05) is 12.4 Å². The van der Waals surface area contributed by atoms with E-state index < -0.39 is 0 Å². The highest BCUT2D eigenvalue weighted by Crippen LogP contribution is 2.24. The number of phenols is 1. The first-order valence-electron chi connectivity index (χ1n) is 3.63. The van der Waals surface area contributed by atoms with Crippen LogP contribution in [0.3, 0.4) is 0 Å². The van der Waals surface area contributed by atoms with Crippen LogP contribution < -0.4 is 5.32 Å². The van der Waals surface area contributed by atoms with E-state index in [4.69, 9.17) is 0 Å². The zero-order valence-electron chi connectivity index (χ0n) is 7.10. The summed E-state index contributed by atoms with van der Waals surface area (Å²) in [5.74, 6) is 0.356. The summed E-state index contributed by atoms with van der Waals surface area (Å²) in [6.45, 7) is 3.89. The minimum atomic E-state index is 0.356. The third-order valence-corrected chi connectivity index (χ3v) is 1.93. The van der Waals surface area contributed by atoms with E-state index >= 15 is 0 Å². The molecule has 1 aromatic rings. The number of hydrogen-bond acceptors (Lipinski definition) is 2. The Hall–Kier alpha value is -1.18. The van der Waals surface area contributed by atoms with Crippen molar-refractivity contribution in [2.45, 2.75) is 13.8 Å². The smallest absolute Gasteiger partial charge is 0.120 e. The Morgan fingerprint density at radius 1 is 1.27 bits per heavy atom. The summed E-state index contributed by atoms with van der Waals surface area (Å²) in [6.07, 6.45) is 0. The standard InChI is InChI=1S/C9H13NO/c1-6-4-8(10-3)5-9(11)7(6)2/h4-5,10-11H,1-3H3. The van der Waals surface area contributed by atoms with Gasteiger partial charge in [0.2, 0.25) is 0 Å². The van der Waals surface area contributed by atoms with Crippen LogP contribution in [-0.4, -0.2) is 12.2 Å². The van der Waals surface area contributed by atoms with Crippen LogP contribution in [0, 0.1) is 13.8 Å². The van der Waals surface area contributed by atoms with Gasteiger partial charge >= 0.3 is 0 Å². The molecule has 0 aliphatic rings. The van der Waals surface area contributed by atoms with Crippen LogP contribution in [0.15, 0.2) is 12.1 Å². The van der Waals surface area contributed by atoms with Crippen LogP contribution in [0.5, 0.6) is 5.75 Å². The monoisotopic (exact) mass is 151 g/mol. The molecule has 0 radical (unpaired) electrons. The molecule has 0 bridgehead atoms. The molecule has 2 nitrogen and oxygen atoms in total. The molecule has 0 aromatic heterocycles. The number of aryl methyl sites for hydroxylation is 1. The molecular formula is C9H13NO. The molecule has 0 saturated carbocycles. The third-order valence-electron chi connectivity index (χ3n) is 1.93. The Labute approximate surface area is 66.9 Å². The van der Waals surface area contributed by atoms with E-state index in [1.54, 1.807) is 6.07 Å². The molecule has 2 heteroatoms. The van der Waals surface area contributed by atoms with Crippen molar-refractivity contribution in [3.63, 3.8) is 0 Å². The van der Waals surface area contributed by atoms with E-state index in [-0.39, 0.29) is 0 Å². The molecule has 0 heterocycles. The molecule has 0 aliphatic heterocycles. The van der Waals surface area contributed by atoms with E-state index in [1.807, 2.05) is 27.0 Å². The summed E-state index contributed by atoms with van der Waals surface area (Å²) in [5.41, 5.74) is 3.00. The van der Waals surface area contributed by atoms with E-state index in [0.29, 0.717) is 5.75 Å². The number of anilines is 1. The van der Waals surface area contributed by atoms with E-state index in [2.05, 4.69) is 5.32 Å². The van der Waals surface area contributed by atoms with Gasteiger partial charge in [0, 0.05) is 18.8 Å². The first kappa shape index (κ1) is 7.92. The summed E-state index contributed by atoms with van der Waals surface area (Å²) in [4.78, 5) is 0. The molecular weight excluding hydrogens is 138 g/mol. The van der Waals surface area contributed by atoms with Crippen molar-refractivity contribution in [1.29, 1.82) is 0 Å². The highest BCUT2D eigenvalue weighted by molar-refractivity contribution is 5.54. The molecule has 1 rings (SSSR count). The SMILES string of the molecule is CNc1cc(C)c(C)c(O)c1. The van der Waals surface area contributed by atoms with Gasteiger partial charge in [-0.25, -0.2) is 0 Å². The van der Waals surface area contributed by atoms with Gasteiger partial charge < -0.3 is 10.4 Å². The molecule has 2 N–H and O–H groups in total. The molecule has 0 amide bonds. The lowest BCUT2D eigenvalue weighted by Gasteiger charge is -2.06. The minimum absolute atomic E-state index is 0.356. The first-order valence-corrected chi connectivity index (χ1v) is 3.63. The minimum Gasteiger partial charge on any atom is -0.508 e. The molecule has 1 aromatic carbocycles. The highest BCUT2D eigenvalue weighted by Gasteiger charge is 2.00. The quantitative estimate of drug-likeness (QED) is 0.643. The highest BCUT2D eigenvalue weighted by atomic mass is 16.3. The summed E-state index contributed by atoms with van der Waals surface area (Å²) >= 11 is 0. The molecule has 0 fully saturated rings. The van der Waals surface area contributed by atoms with E-state index in [9.17, 15) is 5.11 Å². The fourth-order valence-corrected chi connectivity index (χ4v) is 0.985. The van der Waals surface area contributed by atoms with Crippen LogP contribution in [0.4, 0.5) is 5.69 Å². The van der Waals surface area contributed by atoms with Gasteiger partial charge in [-0.1, -0.05) is 0 Å². The second kappa shape index (κ2) is 2.82. The molecule has 0 saturated heterocycles. The van der Waals surface area contributed by atoms with Crippen molar-refractivity contribution >= 4 is 5.69 Å². The van der Waals surface area contributed by atoms with Crippen molar-refractivity contribution in [1.82, 2.24) is 0 Å². The third kappa shape index (κ3) is 1.45. The predicted molar refractivity (Wildman–Crippen MR) is 47.1 cm³/mol. The molecule has 0 atom stereocenters. The summed E-state index contributed by atoms with van der Waals surface area (Å²) in [6, 6.07) is 3.73. The van der Waals surface area contributed by atoms with Crippen LogP contribution >= 0.6 is 0 Å². The largest absolute Gasteiger partial charge is 0.508 e. The van der Waals surface area contributed by atoms with Gasteiger partial charge in [0.25, 0.3) is 0 Å². The van der Waals surface area contributed by atoms with Gasteiger partial charge in [0.15, 0.2) is 0 Å². The predicted octanol–water partition coefficient (Wildman–Crippen LogP) is 2.05. The average molecular weight is 151 g/mol. The topological polar surface area (TPSA) is 32.3 Å². The number of aromatic hydroxyl groups is 1. The number of hydrogen-bond donors (Lipinski definition) is 2. The van der Waals surface area contributed by atoms with Crippen molar-refractivity contribution in [2.24, 2.45) is 0 Å². The Balaban J connectivity index is 3.21. The van der Waals surface area contributed by atoms with E-state index in [0.717, 1.165) is 16.8 Å². The molecule has 60 valence electrons. The number of phenolic OH excluding ortho intramolecular Hbond substituents is 1. The lowest BCUT2D eigenvalue weighted by molar-refractivity contribution is 0.471. The van der Waals surface area contributed by atoms with Gasteiger partial charge in [0.1, 0.15) is 5.75 Å². The second-order valence-electron chi connectivity index (χ2n) is 2.69. The average Bonchev–Trinajstić information content (AvgIpc) is 1.99. The molecule has 0 spiro atoms. The second-order valence-corrected chi connectivity index (χ2v) is 2.69. The van der Waals surface area contributed by atoms with Crippen LogP contribution in [0.2, 0.25) is 0 Å². The maximum absolute atomic E-state index is 9.37. The summed E-state index contributed by atoms with van der Waals surface area (Å²) in [5, 5.41) is 12.3. The maximum Gasteiger partial charge on any atom is 0.120 e. The lowest BCUT2D eigenvalue weighted by Crippen LogP contribution is -1.90. The Morgan fingerprint density at radius 3 is 2.36 bits per heavy atom. The van der Waals surface area contributed by atoms with E-state index in [1.165, 1.54) is 0 Å². The summed E-state index contributed by atoms with van der Waals surface area (Å²) < 4.78 is 0. The Kier molecular flexibility index (Phi) is 2.03. The lowest BCUT2D eigenvalue weighted by atomic mass is 10.1. The zero-order valence-corrected chi connectivity index (χ0v) is 7.10. The van der Waals surface area contributed by atoms with Gasteiger partial charge in [-0.3, -0.25) is 0 Å². The van der Waals surface area contributed by atoms with Gasteiger partial charge in [-0.05, 0) is 31.0 Å². The van der Waals surface area contributed by atoms with Crippen molar-refractivity contribution in [3.05, 3.63) is 23.3 Å². The maximum atomic E-state index is 9.37. The fraction of sp³-hybridized carbons (Fsp3) is 0.333.